The van der Waals surface area contributed by atoms with E-state index in [0.29, 0.717) is 0 Å². The summed E-state index contributed by atoms with van der Waals surface area (Å²) in [5.41, 5.74) is 0. The summed E-state index contributed by atoms with van der Waals surface area (Å²) >= 11 is 0. The van der Waals surface area contributed by atoms with Gasteiger partial charge in [-0.2, -0.15) is 22.0 Å². The van der Waals surface area contributed by atoms with Crippen LogP contribution in [0.25, 0.3) is 0 Å². The molecule has 0 aromatic carbocycles. The van der Waals surface area contributed by atoms with Crippen molar-refractivity contribution in [3.63, 3.8) is 0 Å². The Morgan fingerprint density at radius 3 is 1.87 bits per heavy atom. The third-order valence-electron chi connectivity index (χ3n) is 1.02. The van der Waals surface area contributed by atoms with Crippen molar-refractivity contribution in [2.75, 3.05) is 0 Å². The van der Waals surface area contributed by atoms with Gasteiger partial charge in [0.1, 0.15) is 0 Å². The molecule has 0 saturated carbocycles. The predicted molar refractivity (Wildman–Crippen MR) is 33.6 cm³/mol. The van der Waals surface area contributed by atoms with E-state index >= 15 is 0 Å². The van der Waals surface area contributed by atoms with Gasteiger partial charge in [-0.05, 0) is 0 Å². The topological polar surface area (TPSA) is 66.8 Å². The van der Waals surface area contributed by atoms with Crippen molar-refractivity contribution in [1.82, 2.24) is 0 Å². The van der Waals surface area contributed by atoms with Crippen molar-refractivity contribution in [3.05, 3.63) is 0 Å². The highest BCUT2D eigenvalue weighted by Gasteiger charge is 2.51. The van der Waals surface area contributed by atoms with E-state index in [1.165, 1.54) is 0 Å². The standard InChI is InChI=1S/C4H5F6O4P/c5-2(1-3(6,7)8)4(9,10)14-15(11,12)13/h2H,1H2,(H2,11,12,13). The maximum absolute atomic E-state index is 12.3. The molecule has 0 aromatic heterocycles. The molecule has 0 aliphatic heterocycles. The highest BCUT2D eigenvalue weighted by molar-refractivity contribution is 7.46. The Morgan fingerprint density at radius 2 is 1.60 bits per heavy atom. The van der Waals surface area contributed by atoms with E-state index in [4.69, 9.17) is 9.79 Å². The van der Waals surface area contributed by atoms with Crippen LogP contribution < -0.4 is 0 Å². The maximum Gasteiger partial charge on any atom is 0.474 e. The summed E-state index contributed by atoms with van der Waals surface area (Å²) in [5.74, 6) is 0. The first-order valence-electron chi connectivity index (χ1n) is 3.18. The largest absolute Gasteiger partial charge is 0.474 e. The second-order valence-corrected chi connectivity index (χ2v) is 3.59. The van der Waals surface area contributed by atoms with Crippen LogP contribution in [0.3, 0.4) is 0 Å². The molecule has 1 unspecified atom stereocenters. The van der Waals surface area contributed by atoms with Gasteiger partial charge in [0.25, 0.3) is 0 Å². The predicted octanol–water partition coefficient (Wildman–Crippen LogP) is 1.98. The summed E-state index contributed by atoms with van der Waals surface area (Å²) in [6.07, 6.45) is -16.9. The molecule has 0 spiro atoms. The summed E-state index contributed by atoms with van der Waals surface area (Å²) in [6, 6.07) is 0. The number of phosphoric ester groups is 1. The quantitative estimate of drug-likeness (QED) is 0.600. The third kappa shape index (κ3) is 6.72. The minimum atomic E-state index is -5.76. The fourth-order valence-electron chi connectivity index (χ4n) is 0.538. The molecule has 11 heteroatoms. The average molecular weight is 262 g/mol. The lowest BCUT2D eigenvalue weighted by molar-refractivity contribution is -0.254. The minimum absolute atomic E-state index is 2.57. The van der Waals surface area contributed by atoms with Crippen LogP contribution in [-0.2, 0) is 9.09 Å². The third-order valence-corrected chi connectivity index (χ3v) is 1.50. The molecule has 0 saturated heterocycles. The summed E-state index contributed by atoms with van der Waals surface area (Å²) in [5, 5.41) is 0. The maximum atomic E-state index is 12.3. The molecule has 0 aliphatic carbocycles. The molecule has 0 aromatic rings. The van der Waals surface area contributed by atoms with Crippen LogP contribution in [0.2, 0.25) is 0 Å². The first-order valence-corrected chi connectivity index (χ1v) is 4.71. The lowest BCUT2D eigenvalue weighted by atomic mass is 10.2. The smallest absolute Gasteiger partial charge is 0.303 e. The van der Waals surface area contributed by atoms with E-state index in [0.717, 1.165) is 0 Å². The van der Waals surface area contributed by atoms with Gasteiger partial charge in [0.2, 0.25) is 0 Å². The normalized spacial score (nSPS) is 16.5. The average Bonchev–Trinajstić information content (AvgIpc) is 1.75. The number of hydrogen-bond acceptors (Lipinski definition) is 2. The Kier molecular flexibility index (Phi) is 4.19. The van der Waals surface area contributed by atoms with Gasteiger partial charge in [-0.25, -0.2) is 13.5 Å². The molecule has 0 rings (SSSR count). The van der Waals surface area contributed by atoms with Crippen molar-refractivity contribution >= 4 is 7.82 Å². The highest BCUT2D eigenvalue weighted by Crippen LogP contribution is 2.46. The number of hydrogen-bond donors (Lipinski definition) is 2. The van der Waals surface area contributed by atoms with Gasteiger partial charge in [0.05, 0.1) is 6.42 Å². The molecule has 0 bridgehead atoms. The van der Waals surface area contributed by atoms with E-state index in [1.807, 2.05) is 0 Å². The molecular formula is C4H5F6O4P. The molecule has 1 atom stereocenters. The molecule has 2 N–H and O–H groups in total. The van der Waals surface area contributed by atoms with Gasteiger partial charge in [-0.1, -0.05) is 0 Å². The summed E-state index contributed by atoms with van der Waals surface area (Å²) in [7, 11) is -5.76. The summed E-state index contributed by atoms with van der Waals surface area (Å²) in [4.78, 5) is 15.7. The molecule has 92 valence electrons. The van der Waals surface area contributed by atoms with Crippen molar-refractivity contribution in [2.24, 2.45) is 0 Å². The van der Waals surface area contributed by atoms with E-state index < -0.39 is 32.7 Å². The van der Waals surface area contributed by atoms with Crippen molar-refractivity contribution in [2.45, 2.75) is 24.9 Å². The fourth-order valence-corrected chi connectivity index (χ4v) is 0.969. The molecule has 4 nitrogen and oxygen atoms in total. The lowest BCUT2D eigenvalue weighted by Crippen LogP contribution is -2.35. The van der Waals surface area contributed by atoms with Gasteiger partial charge in [-0.15, -0.1) is 0 Å². The Hall–Kier alpha value is -0.310. The van der Waals surface area contributed by atoms with Gasteiger partial charge >= 0.3 is 20.1 Å². The van der Waals surface area contributed by atoms with Crippen molar-refractivity contribution in [1.29, 1.82) is 0 Å². The number of alkyl halides is 6. The van der Waals surface area contributed by atoms with E-state index in [-0.39, 0.29) is 0 Å². The van der Waals surface area contributed by atoms with Crippen LogP contribution in [0.15, 0.2) is 0 Å². The zero-order valence-electron chi connectivity index (χ0n) is 6.71. The van der Waals surface area contributed by atoms with Crippen molar-refractivity contribution < 1.29 is 45.2 Å². The number of halogens is 6. The molecule has 0 amide bonds. The molecule has 0 heterocycles. The Balaban J connectivity index is 4.53. The number of phosphoric acid groups is 1. The number of rotatable bonds is 4. The summed E-state index contributed by atoms with van der Waals surface area (Å²) in [6.45, 7) is 0. The van der Waals surface area contributed by atoms with Gasteiger partial charge in [-0.3, -0.25) is 0 Å². The highest BCUT2D eigenvalue weighted by atomic mass is 31.2. The molecule has 15 heavy (non-hydrogen) atoms. The van der Waals surface area contributed by atoms with Gasteiger partial charge in [0.15, 0.2) is 6.17 Å². The lowest BCUT2D eigenvalue weighted by Gasteiger charge is -2.21. The second kappa shape index (κ2) is 4.28. The molecule has 0 radical (unpaired) electrons. The zero-order valence-corrected chi connectivity index (χ0v) is 7.60. The van der Waals surface area contributed by atoms with Crippen LogP contribution in [0.1, 0.15) is 6.42 Å². The van der Waals surface area contributed by atoms with Crippen LogP contribution in [0, 0.1) is 0 Å². The Labute approximate surface area is 79.1 Å². The molecule has 0 fully saturated rings. The SMILES string of the molecule is O=P(O)(O)OC(F)(F)C(F)CC(F)(F)F. The monoisotopic (exact) mass is 262 g/mol. The van der Waals surface area contributed by atoms with E-state index in [9.17, 15) is 30.9 Å². The Morgan fingerprint density at radius 1 is 1.20 bits per heavy atom. The van der Waals surface area contributed by atoms with Crippen LogP contribution in [0.5, 0.6) is 0 Å². The zero-order chi connectivity index (χ0) is 12.5. The van der Waals surface area contributed by atoms with Crippen molar-refractivity contribution in [3.8, 4) is 0 Å². The van der Waals surface area contributed by atoms with Crippen LogP contribution in [0.4, 0.5) is 26.3 Å². The van der Waals surface area contributed by atoms with Crippen LogP contribution >= 0.6 is 7.82 Å². The van der Waals surface area contributed by atoms with Gasteiger partial charge in [0, 0.05) is 0 Å². The Bertz CT molecular complexity index is 258. The fraction of sp³-hybridized carbons (Fsp3) is 1.00. The van der Waals surface area contributed by atoms with Gasteiger partial charge < -0.3 is 9.79 Å². The first kappa shape index (κ1) is 14.7. The second-order valence-electron chi connectivity index (χ2n) is 2.43. The molecule has 0 aliphatic rings. The molecular weight excluding hydrogens is 257 g/mol. The minimum Gasteiger partial charge on any atom is -0.303 e. The summed E-state index contributed by atoms with van der Waals surface area (Å²) < 4.78 is 83.6. The first-order chi connectivity index (χ1) is 6.33. The van der Waals surface area contributed by atoms with E-state index in [1.54, 1.807) is 0 Å². The van der Waals surface area contributed by atoms with E-state index in [2.05, 4.69) is 4.52 Å². The van der Waals surface area contributed by atoms with Crippen LogP contribution in [-0.4, -0.2) is 28.2 Å².